The van der Waals surface area contributed by atoms with Crippen molar-refractivity contribution < 1.29 is 9.59 Å². The fourth-order valence-corrected chi connectivity index (χ4v) is 4.46. The molecule has 1 atom stereocenters. The molecule has 2 aliphatic rings. The average molecular weight is 431 g/mol. The van der Waals surface area contributed by atoms with Crippen LogP contribution in [0.15, 0.2) is 64.2 Å². The van der Waals surface area contributed by atoms with Crippen LogP contribution >= 0.6 is 27.7 Å². The van der Waals surface area contributed by atoms with Gasteiger partial charge in [0.1, 0.15) is 0 Å². The number of hydrogen-bond acceptors (Lipinski definition) is 6. The summed E-state index contributed by atoms with van der Waals surface area (Å²) in [4.78, 5) is 26.3. The summed E-state index contributed by atoms with van der Waals surface area (Å²) in [5.74, 6) is 0.304. The number of thioether (sulfide) groups is 1. The van der Waals surface area contributed by atoms with Gasteiger partial charge in [-0.1, -0.05) is 45.9 Å². The van der Waals surface area contributed by atoms with Gasteiger partial charge in [-0.25, -0.2) is 5.01 Å². The van der Waals surface area contributed by atoms with E-state index < -0.39 is 5.12 Å². The van der Waals surface area contributed by atoms with Crippen LogP contribution in [0, 0.1) is 0 Å². The Morgan fingerprint density at radius 1 is 1.15 bits per heavy atom. The molecule has 0 aromatic heterocycles. The number of carbonyl (C=O) groups excluding carboxylic acids is 2. The van der Waals surface area contributed by atoms with Crippen LogP contribution in [0.3, 0.4) is 0 Å². The number of amides is 1. The first-order chi connectivity index (χ1) is 12.5. The van der Waals surface area contributed by atoms with Crippen LogP contribution in [0.5, 0.6) is 0 Å². The van der Waals surface area contributed by atoms with Crippen molar-refractivity contribution in [2.24, 2.45) is 5.10 Å². The number of carbonyl (C=O) groups is 2. The summed E-state index contributed by atoms with van der Waals surface area (Å²) in [7, 11) is 0. The molecule has 2 aromatic rings. The van der Waals surface area contributed by atoms with E-state index in [1.165, 1.54) is 18.7 Å². The molecule has 1 N–H and O–H groups in total. The summed E-state index contributed by atoms with van der Waals surface area (Å²) >= 11 is 4.83. The highest BCUT2D eigenvalue weighted by Crippen LogP contribution is 2.45. The fourth-order valence-electron chi connectivity index (χ4n) is 3.02. The van der Waals surface area contributed by atoms with Crippen molar-refractivity contribution in [1.29, 1.82) is 0 Å². The second kappa shape index (κ2) is 6.44. The van der Waals surface area contributed by atoms with E-state index in [-0.39, 0.29) is 23.3 Å². The molecule has 0 aliphatic carbocycles. The van der Waals surface area contributed by atoms with Crippen molar-refractivity contribution in [3.63, 3.8) is 0 Å². The van der Waals surface area contributed by atoms with Crippen molar-refractivity contribution in [2.75, 3.05) is 15.7 Å². The lowest BCUT2D eigenvalue weighted by Crippen LogP contribution is -2.62. The first-order valence-electron chi connectivity index (χ1n) is 7.97. The normalized spacial score (nSPS) is 21.9. The van der Waals surface area contributed by atoms with Crippen LogP contribution in [-0.4, -0.2) is 28.4 Å². The first kappa shape index (κ1) is 17.1. The van der Waals surface area contributed by atoms with Crippen LogP contribution in [-0.2, 0) is 9.59 Å². The van der Waals surface area contributed by atoms with Gasteiger partial charge in [0.2, 0.25) is 11.7 Å². The molecule has 2 aliphatic heterocycles. The second-order valence-electron chi connectivity index (χ2n) is 5.88. The standard InChI is InChI=1S/C18H15BrN4O2S/c1-12(24)17-21-23(15-9-7-13(19)8-10-15)18(20-16(25)11-26-18)22(17)14-5-3-2-4-6-14/h2-10H,11H2,1H3,(H,20,25). The Hall–Kier alpha value is -2.32. The van der Waals surface area contributed by atoms with Crippen LogP contribution in [0.4, 0.5) is 11.4 Å². The van der Waals surface area contributed by atoms with E-state index in [0.717, 1.165) is 15.8 Å². The molecule has 4 rings (SSSR count). The molecule has 8 heteroatoms. The lowest BCUT2D eigenvalue weighted by Gasteiger charge is -2.39. The minimum absolute atomic E-state index is 0.0990. The number of rotatable bonds is 3. The van der Waals surface area contributed by atoms with Crippen LogP contribution < -0.4 is 15.2 Å². The maximum atomic E-state index is 12.4. The van der Waals surface area contributed by atoms with E-state index >= 15 is 0 Å². The van der Waals surface area contributed by atoms with Crippen LogP contribution in [0.1, 0.15) is 6.92 Å². The third kappa shape index (κ3) is 2.69. The highest BCUT2D eigenvalue weighted by Gasteiger charge is 2.56. The Morgan fingerprint density at radius 2 is 1.85 bits per heavy atom. The molecule has 0 saturated carbocycles. The number of nitrogens with zero attached hydrogens (tertiary/aromatic N) is 3. The fraction of sp³-hybridized carbons (Fsp3) is 0.167. The summed E-state index contributed by atoms with van der Waals surface area (Å²) in [5.41, 5.74) is 1.57. The van der Waals surface area contributed by atoms with Crippen molar-refractivity contribution in [3.8, 4) is 0 Å². The number of amidine groups is 1. The van der Waals surface area contributed by atoms with E-state index in [1.807, 2.05) is 54.6 Å². The minimum atomic E-state index is -1.01. The topological polar surface area (TPSA) is 65.0 Å². The number of halogens is 1. The molecule has 2 heterocycles. The van der Waals surface area contributed by atoms with Gasteiger partial charge in [0.15, 0.2) is 5.78 Å². The Balaban J connectivity index is 1.89. The lowest BCUT2D eigenvalue weighted by molar-refractivity contribution is -0.118. The zero-order valence-corrected chi connectivity index (χ0v) is 16.3. The molecule has 1 spiro atoms. The molecular weight excluding hydrogens is 416 g/mol. The maximum Gasteiger partial charge on any atom is 0.268 e. The molecule has 1 amide bonds. The van der Waals surface area contributed by atoms with Gasteiger partial charge >= 0.3 is 0 Å². The molecule has 0 radical (unpaired) electrons. The van der Waals surface area contributed by atoms with Crippen LogP contribution in [0.25, 0.3) is 0 Å². The van der Waals surface area contributed by atoms with Gasteiger partial charge in [0.25, 0.3) is 5.12 Å². The third-order valence-corrected chi connectivity index (χ3v) is 5.90. The maximum absolute atomic E-state index is 12.4. The first-order valence-corrected chi connectivity index (χ1v) is 9.75. The predicted molar refractivity (Wildman–Crippen MR) is 107 cm³/mol. The molecule has 1 saturated heterocycles. The van der Waals surface area contributed by atoms with E-state index in [9.17, 15) is 9.59 Å². The molecule has 1 unspecified atom stereocenters. The van der Waals surface area contributed by atoms with E-state index in [1.54, 1.807) is 9.91 Å². The monoisotopic (exact) mass is 430 g/mol. The number of hydrazone groups is 1. The van der Waals surface area contributed by atoms with Gasteiger partial charge in [0, 0.05) is 17.1 Å². The summed E-state index contributed by atoms with van der Waals surface area (Å²) in [6.07, 6.45) is 0. The number of benzene rings is 2. The Labute approximate surface area is 163 Å². The molecule has 6 nitrogen and oxygen atoms in total. The minimum Gasteiger partial charge on any atom is -0.304 e. The van der Waals surface area contributed by atoms with Crippen molar-refractivity contribution in [3.05, 3.63) is 59.1 Å². The summed E-state index contributed by atoms with van der Waals surface area (Å²) in [6, 6.07) is 17.1. The van der Waals surface area contributed by atoms with E-state index in [0.29, 0.717) is 0 Å². The average Bonchev–Trinajstić information content (AvgIpc) is 3.17. The second-order valence-corrected chi connectivity index (χ2v) is 7.95. The number of hydrogen-bond donors (Lipinski definition) is 1. The number of para-hydroxylation sites is 1. The van der Waals surface area contributed by atoms with Crippen molar-refractivity contribution >= 4 is 56.6 Å². The van der Waals surface area contributed by atoms with Crippen molar-refractivity contribution in [2.45, 2.75) is 12.0 Å². The van der Waals surface area contributed by atoms with Gasteiger partial charge in [-0.05, 0) is 36.4 Å². The highest BCUT2D eigenvalue weighted by molar-refractivity contribution is 9.10. The molecule has 132 valence electrons. The van der Waals surface area contributed by atoms with E-state index in [4.69, 9.17) is 0 Å². The SMILES string of the molecule is CC(=O)C1=NN(c2ccc(Br)cc2)C2(NC(=O)CS2)N1c1ccccc1. The number of anilines is 2. The summed E-state index contributed by atoms with van der Waals surface area (Å²) in [6.45, 7) is 1.48. The lowest BCUT2D eigenvalue weighted by atomic mass is 10.2. The zero-order chi connectivity index (χ0) is 18.3. The van der Waals surface area contributed by atoms with Crippen LogP contribution in [0.2, 0.25) is 0 Å². The predicted octanol–water partition coefficient (Wildman–Crippen LogP) is 3.15. The number of ketones is 1. The Bertz CT molecular complexity index is 903. The van der Waals surface area contributed by atoms with E-state index in [2.05, 4.69) is 26.3 Å². The molecule has 1 fully saturated rings. The third-order valence-electron chi connectivity index (χ3n) is 4.10. The van der Waals surface area contributed by atoms with Gasteiger partial charge < -0.3 is 5.32 Å². The molecular formula is C18H15BrN4O2S. The molecule has 2 aromatic carbocycles. The van der Waals surface area contributed by atoms with Gasteiger partial charge in [-0.2, -0.15) is 0 Å². The molecule has 26 heavy (non-hydrogen) atoms. The number of Topliss-reactive ketones (excluding diaryl/α,β-unsaturated/α-hetero) is 1. The van der Waals surface area contributed by atoms with Gasteiger partial charge in [-0.15, -0.1) is 5.10 Å². The quantitative estimate of drug-likeness (QED) is 0.809. The molecule has 0 bridgehead atoms. The smallest absolute Gasteiger partial charge is 0.268 e. The summed E-state index contributed by atoms with van der Waals surface area (Å²) in [5, 5.41) is 8.31. The van der Waals surface area contributed by atoms with Gasteiger partial charge in [-0.3, -0.25) is 14.5 Å². The van der Waals surface area contributed by atoms with Crippen molar-refractivity contribution in [1.82, 2.24) is 5.32 Å². The summed E-state index contributed by atoms with van der Waals surface area (Å²) < 4.78 is 0.938. The highest BCUT2D eigenvalue weighted by atomic mass is 79.9. The largest absolute Gasteiger partial charge is 0.304 e. The Morgan fingerprint density at radius 3 is 2.42 bits per heavy atom. The number of nitrogens with one attached hydrogen (secondary N) is 1. The zero-order valence-electron chi connectivity index (χ0n) is 13.8. The van der Waals surface area contributed by atoms with Gasteiger partial charge in [0.05, 0.1) is 11.4 Å². The Kier molecular flexibility index (Phi) is 4.24.